The lowest BCUT2D eigenvalue weighted by atomic mass is 10.1. The number of carbonyl (C=O) groups is 1. The van der Waals surface area contributed by atoms with Crippen LogP contribution < -0.4 is 0 Å². The van der Waals surface area contributed by atoms with Crippen LogP contribution in [0.5, 0.6) is 0 Å². The maximum Gasteiger partial charge on any atom is 0.169 e. The van der Waals surface area contributed by atoms with Crippen LogP contribution in [-0.4, -0.2) is 5.78 Å². The number of fused-ring (bicyclic) bond motifs is 2. The molecule has 0 amide bonds. The predicted octanol–water partition coefficient (Wildman–Crippen LogP) is 4.20. The minimum Gasteiger partial charge on any atom is -0.294 e. The van der Waals surface area contributed by atoms with Gasteiger partial charge in [-0.2, -0.15) is 0 Å². The molecule has 1 nitrogen and oxygen atoms in total. The molecular formula is C14H12OS2. The first kappa shape index (κ1) is 11.1. The van der Waals surface area contributed by atoms with E-state index in [1.54, 1.807) is 23.1 Å². The topological polar surface area (TPSA) is 17.1 Å². The summed E-state index contributed by atoms with van der Waals surface area (Å²) < 4.78 is 1.16. The average Bonchev–Trinajstić information content (AvgIpc) is 2.69. The monoisotopic (exact) mass is 260 g/mol. The maximum absolute atomic E-state index is 12.2. The largest absolute Gasteiger partial charge is 0.294 e. The lowest BCUT2D eigenvalue weighted by molar-refractivity contribution is 0.0991. The molecule has 1 aromatic heterocycles. The summed E-state index contributed by atoms with van der Waals surface area (Å²) in [7, 11) is 0. The van der Waals surface area contributed by atoms with Crippen LogP contribution in [-0.2, 0) is 12.8 Å². The minimum absolute atomic E-state index is 0.258. The number of Topliss-reactive ketones (excluding diaryl/α,β-unsaturated/α-hetero) is 1. The number of aryl methyl sites for hydroxylation is 1. The summed E-state index contributed by atoms with van der Waals surface area (Å²) >= 11 is 3.50. The van der Waals surface area contributed by atoms with Gasteiger partial charge in [-0.25, -0.2) is 0 Å². The van der Waals surface area contributed by atoms with E-state index >= 15 is 0 Å². The first-order chi connectivity index (χ1) is 8.28. The highest BCUT2D eigenvalue weighted by Crippen LogP contribution is 2.41. The Labute approximate surface area is 109 Å². The molecule has 3 heteroatoms. The number of ketones is 1. The number of carbonyl (C=O) groups excluding carboxylic acids is 1. The van der Waals surface area contributed by atoms with E-state index in [4.69, 9.17) is 0 Å². The van der Waals surface area contributed by atoms with E-state index in [0.29, 0.717) is 6.42 Å². The van der Waals surface area contributed by atoms with Gasteiger partial charge in [0.05, 0.1) is 4.21 Å². The van der Waals surface area contributed by atoms with E-state index in [1.165, 1.54) is 9.77 Å². The van der Waals surface area contributed by atoms with Crippen LogP contribution >= 0.6 is 23.1 Å². The summed E-state index contributed by atoms with van der Waals surface area (Å²) in [4.78, 5) is 14.7. The average molecular weight is 260 g/mol. The normalized spacial score (nSPS) is 14.1. The van der Waals surface area contributed by atoms with Crippen molar-refractivity contribution >= 4 is 28.9 Å². The van der Waals surface area contributed by atoms with Gasteiger partial charge in [-0.1, -0.05) is 36.9 Å². The summed E-state index contributed by atoms with van der Waals surface area (Å²) in [5.74, 6) is 0.258. The third kappa shape index (κ3) is 1.94. The van der Waals surface area contributed by atoms with Crippen LogP contribution in [0, 0.1) is 0 Å². The Bertz CT molecular complexity index is 584. The molecule has 0 radical (unpaired) electrons. The molecule has 0 saturated carbocycles. The van der Waals surface area contributed by atoms with Gasteiger partial charge in [0.1, 0.15) is 0 Å². The van der Waals surface area contributed by atoms with Gasteiger partial charge in [0.2, 0.25) is 0 Å². The van der Waals surface area contributed by atoms with Crippen LogP contribution in [0.25, 0.3) is 0 Å². The molecule has 0 N–H and O–H groups in total. The summed E-state index contributed by atoms with van der Waals surface area (Å²) in [5, 5.41) is 0. The van der Waals surface area contributed by atoms with Crippen molar-refractivity contribution in [3.63, 3.8) is 0 Å². The third-order valence-corrected chi connectivity index (χ3v) is 5.52. The predicted molar refractivity (Wildman–Crippen MR) is 72.3 cm³/mol. The summed E-state index contributed by atoms with van der Waals surface area (Å²) in [6.45, 7) is 2.13. The molecule has 1 aromatic carbocycles. The van der Waals surface area contributed by atoms with E-state index in [0.717, 1.165) is 21.8 Å². The molecule has 3 rings (SSSR count). The van der Waals surface area contributed by atoms with Gasteiger partial charge in [0, 0.05) is 21.8 Å². The summed E-state index contributed by atoms with van der Waals surface area (Å²) in [6.07, 6.45) is 1.54. The SMILES string of the molecule is CCc1cc2c(s1)Sc1ccccc1CC2=O. The lowest BCUT2D eigenvalue weighted by Crippen LogP contribution is -2.01. The van der Waals surface area contributed by atoms with Gasteiger partial charge in [-0.05, 0) is 24.1 Å². The standard InChI is InChI=1S/C14H12OS2/c1-2-10-8-11-12(15)7-9-5-3-4-6-13(9)17-14(11)16-10/h3-6,8H,2,7H2,1H3. The van der Waals surface area contributed by atoms with E-state index in [9.17, 15) is 4.79 Å². The van der Waals surface area contributed by atoms with Crippen LogP contribution in [0.2, 0.25) is 0 Å². The zero-order valence-electron chi connectivity index (χ0n) is 9.53. The van der Waals surface area contributed by atoms with Crippen molar-refractivity contribution in [2.75, 3.05) is 0 Å². The van der Waals surface area contributed by atoms with Gasteiger partial charge in [0.15, 0.2) is 5.78 Å². The molecule has 0 saturated heterocycles. The van der Waals surface area contributed by atoms with E-state index in [1.807, 2.05) is 12.1 Å². The second kappa shape index (κ2) is 4.31. The molecule has 17 heavy (non-hydrogen) atoms. The van der Waals surface area contributed by atoms with Gasteiger partial charge in [-0.3, -0.25) is 4.79 Å². The molecule has 1 aliphatic heterocycles. The molecule has 2 heterocycles. The molecule has 0 fully saturated rings. The van der Waals surface area contributed by atoms with Crippen molar-refractivity contribution in [3.05, 3.63) is 46.3 Å². The zero-order chi connectivity index (χ0) is 11.8. The van der Waals surface area contributed by atoms with Crippen molar-refractivity contribution in [1.29, 1.82) is 0 Å². The number of hydrogen-bond acceptors (Lipinski definition) is 3. The fourth-order valence-electron chi connectivity index (χ4n) is 1.99. The number of rotatable bonds is 1. The highest BCUT2D eigenvalue weighted by Gasteiger charge is 2.22. The minimum atomic E-state index is 0.258. The molecule has 0 atom stereocenters. The molecule has 0 aliphatic carbocycles. The number of thiophene rings is 1. The first-order valence-corrected chi connectivity index (χ1v) is 7.33. The van der Waals surface area contributed by atoms with Gasteiger partial charge in [0.25, 0.3) is 0 Å². The van der Waals surface area contributed by atoms with Gasteiger partial charge < -0.3 is 0 Å². The van der Waals surface area contributed by atoms with Crippen molar-refractivity contribution in [1.82, 2.24) is 0 Å². The number of hydrogen-bond donors (Lipinski definition) is 0. The lowest BCUT2D eigenvalue weighted by Gasteiger charge is -2.02. The Hall–Kier alpha value is -1.06. The number of benzene rings is 1. The van der Waals surface area contributed by atoms with Crippen molar-refractivity contribution in [2.45, 2.75) is 28.9 Å². The Kier molecular flexibility index (Phi) is 2.81. The molecule has 2 aromatic rings. The van der Waals surface area contributed by atoms with Crippen molar-refractivity contribution in [3.8, 4) is 0 Å². The molecule has 86 valence electrons. The van der Waals surface area contributed by atoms with Crippen molar-refractivity contribution < 1.29 is 4.79 Å². The van der Waals surface area contributed by atoms with Crippen LogP contribution in [0.15, 0.2) is 39.4 Å². The Morgan fingerprint density at radius 3 is 2.94 bits per heavy atom. The van der Waals surface area contributed by atoms with Crippen LogP contribution in [0.4, 0.5) is 0 Å². The smallest absolute Gasteiger partial charge is 0.169 e. The van der Waals surface area contributed by atoms with Crippen LogP contribution in [0.1, 0.15) is 27.7 Å². The molecule has 0 unspecified atom stereocenters. The van der Waals surface area contributed by atoms with Crippen LogP contribution in [0.3, 0.4) is 0 Å². The van der Waals surface area contributed by atoms with Gasteiger partial charge in [-0.15, -0.1) is 11.3 Å². The fourth-order valence-corrected chi connectivity index (χ4v) is 4.48. The second-order valence-electron chi connectivity index (χ2n) is 4.08. The zero-order valence-corrected chi connectivity index (χ0v) is 11.2. The summed E-state index contributed by atoms with van der Waals surface area (Å²) in [6, 6.07) is 10.3. The summed E-state index contributed by atoms with van der Waals surface area (Å²) in [5.41, 5.74) is 2.08. The van der Waals surface area contributed by atoms with E-state index < -0.39 is 0 Å². The Balaban J connectivity index is 2.12. The Morgan fingerprint density at radius 1 is 1.29 bits per heavy atom. The van der Waals surface area contributed by atoms with E-state index in [-0.39, 0.29) is 5.78 Å². The second-order valence-corrected chi connectivity index (χ2v) is 6.52. The molecular weight excluding hydrogens is 248 g/mol. The van der Waals surface area contributed by atoms with E-state index in [2.05, 4.69) is 25.1 Å². The molecule has 0 bridgehead atoms. The third-order valence-electron chi connectivity index (χ3n) is 2.92. The molecule has 1 aliphatic rings. The highest BCUT2D eigenvalue weighted by atomic mass is 32.2. The highest BCUT2D eigenvalue weighted by molar-refractivity contribution is 8.01. The quantitative estimate of drug-likeness (QED) is 0.764. The first-order valence-electron chi connectivity index (χ1n) is 5.69. The van der Waals surface area contributed by atoms with Gasteiger partial charge >= 0.3 is 0 Å². The maximum atomic E-state index is 12.2. The Morgan fingerprint density at radius 2 is 2.12 bits per heavy atom. The fraction of sp³-hybridized carbons (Fsp3) is 0.214. The van der Waals surface area contributed by atoms with Crippen molar-refractivity contribution in [2.24, 2.45) is 0 Å². The molecule has 0 spiro atoms.